The molecule has 0 spiro atoms. The molecule has 0 aliphatic rings. The van der Waals surface area contributed by atoms with Gasteiger partial charge in [0.05, 0.1) is 0 Å². The Balaban J connectivity index is 1.80. The Kier molecular flexibility index (Phi) is 3.84. The van der Waals surface area contributed by atoms with Gasteiger partial charge in [0.15, 0.2) is 0 Å². The molecule has 2 aromatic carbocycles. The van der Waals surface area contributed by atoms with Crippen molar-refractivity contribution in [3.8, 4) is 0 Å². The van der Waals surface area contributed by atoms with Gasteiger partial charge < -0.3 is 10.2 Å². The molecule has 21 heavy (non-hydrogen) atoms. The Hall–Kier alpha value is -2.00. The number of anilines is 2. The minimum absolute atomic E-state index is 0.861. The van der Waals surface area contributed by atoms with Gasteiger partial charge in [-0.25, -0.2) is 0 Å². The van der Waals surface area contributed by atoms with Gasteiger partial charge in [0, 0.05) is 36.7 Å². The molecule has 0 radical (unpaired) electrons. The van der Waals surface area contributed by atoms with Crippen LogP contribution >= 0.6 is 11.3 Å². The molecular weight excluding hydrogens is 276 g/mol. The minimum atomic E-state index is 0.861. The number of nitrogens with zero attached hydrogens (tertiary/aromatic N) is 1. The third kappa shape index (κ3) is 2.88. The SMILES string of the molecule is Cc1ccc(NCc2csc3ccccc23)cc1N(C)C. The van der Waals surface area contributed by atoms with E-state index in [1.807, 2.05) is 11.3 Å². The van der Waals surface area contributed by atoms with Crippen LogP contribution in [0.3, 0.4) is 0 Å². The van der Waals surface area contributed by atoms with E-state index >= 15 is 0 Å². The highest BCUT2D eigenvalue weighted by Crippen LogP contribution is 2.27. The zero-order valence-electron chi connectivity index (χ0n) is 12.7. The second-order valence-electron chi connectivity index (χ2n) is 5.51. The van der Waals surface area contributed by atoms with E-state index in [0.717, 1.165) is 6.54 Å². The molecule has 0 amide bonds. The number of rotatable bonds is 4. The van der Waals surface area contributed by atoms with Crippen molar-refractivity contribution in [2.24, 2.45) is 0 Å². The molecule has 0 unspecified atom stereocenters. The van der Waals surface area contributed by atoms with E-state index in [9.17, 15) is 0 Å². The summed E-state index contributed by atoms with van der Waals surface area (Å²) in [6.45, 7) is 3.01. The molecule has 0 atom stereocenters. The number of benzene rings is 2. The van der Waals surface area contributed by atoms with Crippen molar-refractivity contribution in [3.05, 3.63) is 59.0 Å². The van der Waals surface area contributed by atoms with E-state index in [0.29, 0.717) is 0 Å². The van der Waals surface area contributed by atoms with E-state index in [2.05, 4.69) is 79.1 Å². The average molecular weight is 296 g/mol. The van der Waals surface area contributed by atoms with Crippen molar-refractivity contribution in [1.82, 2.24) is 0 Å². The van der Waals surface area contributed by atoms with E-state index in [-0.39, 0.29) is 0 Å². The van der Waals surface area contributed by atoms with Gasteiger partial charge in [0.1, 0.15) is 0 Å². The highest BCUT2D eigenvalue weighted by Gasteiger charge is 2.05. The zero-order chi connectivity index (χ0) is 14.8. The first-order valence-electron chi connectivity index (χ1n) is 7.12. The van der Waals surface area contributed by atoms with Crippen molar-refractivity contribution < 1.29 is 0 Å². The summed E-state index contributed by atoms with van der Waals surface area (Å²) in [4.78, 5) is 2.15. The summed E-state index contributed by atoms with van der Waals surface area (Å²) in [6, 6.07) is 15.1. The van der Waals surface area contributed by atoms with Gasteiger partial charge in [-0.1, -0.05) is 24.3 Å². The van der Waals surface area contributed by atoms with Crippen LogP contribution in [0.4, 0.5) is 11.4 Å². The molecule has 2 nitrogen and oxygen atoms in total. The van der Waals surface area contributed by atoms with Gasteiger partial charge >= 0.3 is 0 Å². The summed E-state index contributed by atoms with van der Waals surface area (Å²) in [5.74, 6) is 0. The van der Waals surface area contributed by atoms with Crippen LogP contribution in [0.2, 0.25) is 0 Å². The Labute approximate surface area is 130 Å². The van der Waals surface area contributed by atoms with E-state index in [1.165, 1.54) is 32.6 Å². The van der Waals surface area contributed by atoms with Crippen molar-refractivity contribution in [2.75, 3.05) is 24.3 Å². The maximum atomic E-state index is 3.54. The maximum Gasteiger partial charge on any atom is 0.0415 e. The van der Waals surface area contributed by atoms with Gasteiger partial charge in [-0.2, -0.15) is 0 Å². The molecule has 3 rings (SSSR count). The monoisotopic (exact) mass is 296 g/mol. The van der Waals surface area contributed by atoms with Crippen LogP contribution in [0.5, 0.6) is 0 Å². The second-order valence-corrected chi connectivity index (χ2v) is 6.42. The number of hydrogen-bond acceptors (Lipinski definition) is 3. The minimum Gasteiger partial charge on any atom is -0.381 e. The van der Waals surface area contributed by atoms with Crippen molar-refractivity contribution in [3.63, 3.8) is 0 Å². The zero-order valence-corrected chi connectivity index (χ0v) is 13.5. The maximum absolute atomic E-state index is 3.54. The third-order valence-corrected chi connectivity index (χ3v) is 4.75. The summed E-state index contributed by atoms with van der Waals surface area (Å²) in [5.41, 5.74) is 5.09. The first-order valence-corrected chi connectivity index (χ1v) is 8.00. The molecule has 0 saturated carbocycles. The molecule has 0 saturated heterocycles. The van der Waals surface area contributed by atoms with Crippen molar-refractivity contribution in [1.29, 1.82) is 0 Å². The lowest BCUT2D eigenvalue weighted by atomic mass is 10.1. The fourth-order valence-electron chi connectivity index (χ4n) is 2.57. The smallest absolute Gasteiger partial charge is 0.0415 e. The fourth-order valence-corrected chi connectivity index (χ4v) is 3.53. The van der Waals surface area contributed by atoms with Gasteiger partial charge in [0.25, 0.3) is 0 Å². The van der Waals surface area contributed by atoms with E-state index in [4.69, 9.17) is 0 Å². The molecule has 108 valence electrons. The predicted molar refractivity (Wildman–Crippen MR) is 94.7 cm³/mol. The van der Waals surface area contributed by atoms with E-state index in [1.54, 1.807) is 0 Å². The fraction of sp³-hybridized carbons (Fsp3) is 0.222. The van der Waals surface area contributed by atoms with Gasteiger partial charge in [-0.05, 0) is 47.0 Å². The number of hydrogen-bond donors (Lipinski definition) is 1. The number of fused-ring (bicyclic) bond motifs is 1. The third-order valence-electron chi connectivity index (χ3n) is 3.74. The van der Waals surface area contributed by atoms with Crippen LogP contribution in [-0.2, 0) is 6.54 Å². The Morgan fingerprint density at radius 3 is 2.71 bits per heavy atom. The van der Waals surface area contributed by atoms with Gasteiger partial charge in [-0.15, -0.1) is 11.3 Å². The first kappa shape index (κ1) is 14.0. The highest BCUT2D eigenvalue weighted by atomic mass is 32.1. The summed E-state index contributed by atoms with van der Waals surface area (Å²) in [7, 11) is 4.16. The molecule has 0 aliphatic carbocycles. The second kappa shape index (κ2) is 5.78. The molecule has 3 heteroatoms. The van der Waals surface area contributed by atoms with Crippen LogP contribution < -0.4 is 10.2 Å². The normalized spacial score (nSPS) is 10.8. The van der Waals surface area contributed by atoms with Crippen molar-refractivity contribution in [2.45, 2.75) is 13.5 Å². The Morgan fingerprint density at radius 2 is 1.90 bits per heavy atom. The van der Waals surface area contributed by atoms with Crippen molar-refractivity contribution >= 4 is 32.8 Å². The topological polar surface area (TPSA) is 15.3 Å². The Bertz CT molecular complexity index is 759. The van der Waals surface area contributed by atoms with Crippen LogP contribution in [-0.4, -0.2) is 14.1 Å². The molecule has 3 aromatic rings. The summed E-state index contributed by atoms with van der Waals surface area (Å²) >= 11 is 1.81. The average Bonchev–Trinajstić information content (AvgIpc) is 2.89. The van der Waals surface area contributed by atoms with Crippen LogP contribution in [0.1, 0.15) is 11.1 Å². The number of thiophene rings is 1. The predicted octanol–water partition coefficient (Wildman–Crippen LogP) is 4.89. The lowest BCUT2D eigenvalue weighted by Crippen LogP contribution is -2.10. The van der Waals surface area contributed by atoms with Crippen LogP contribution in [0.15, 0.2) is 47.8 Å². The standard InChI is InChI=1S/C18H20N2S/c1-13-8-9-15(10-17(13)20(2)3)19-11-14-12-21-18-7-5-4-6-16(14)18/h4-10,12,19H,11H2,1-3H3. The molecule has 1 heterocycles. The Morgan fingerprint density at radius 1 is 1.10 bits per heavy atom. The molecule has 1 aromatic heterocycles. The number of aryl methyl sites for hydroxylation is 1. The number of nitrogens with one attached hydrogen (secondary N) is 1. The first-order chi connectivity index (χ1) is 10.1. The highest BCUT2D eigenvalue weighted by molar-refractivity contribution is 7.17. The molecular formula is C18H20N2S. The van der Waals surface area contributed by atoms with E-state index < -0.39 is 0 Å². The van der Waals surface area contributed by atoms with Crippen LogP contribution in [0.25, 0.3) is 10.1 Å². The van der Waals surface area contributed by atoms with Crippen LogP contribution in [0, 0.1) is 6.92 Å². The molecule has 0 bridgehead atoms. The lowest BCUT2D eigenvalue weighted by molar-refractivity contribution is 1.11. The summed E-state index contributed by atoms with van der Waals surface area (Å²) < 4.78 is 1.35. The quantitative estimate of drug-likeness (QED) is 0.737. The summed E-state index contributed by atoms with van der Waals surface area (Å²) in [5, 5.41) is 7.15. The largest absolute Gasteiger partial charge is 0.381 e. The summed E-state index contributed by atoms with van der Waals surface area (Å²) in [6.07, 6.45) is 0. The molecule has 0 aliphatic heterocycles. The van der Waals surface area contributed by atoms with Gasteiger partial charge in [-0.3, -0.25) is 0 Å². The molecule has 0 fully saturated rings. The molecule has 1 N–H and O–H groups in total. The lowest BCUT2D eigenvalue weighted by Gasteiger charge is -2.17. The van der Waals surface area contributed by atoms with Gasteiger partial charge in [0.2, 0.25) is 0 Å².